The maximum absolute atomic E-state index is 13.2. The van der Waals surface area contributed by atoms with Crippen LogP contribution in [0.4, 0.5) is 4.39 Å². The van der Waals surface area contributed by atoms with Gasteiger partial charge in [-0.15, -0.1) is 0 Å². The molecule has 3 rings (SSSR count). The predicted molar refractivity (Wildman–Crippen MR) is 100 cm³/mol. The summed E-state index contributed by atoms with van der Waals surface area (Å²) >= 11 is 0. The van der Waals surface area contributed by atoms with Crippen molar-refractivity contribution in [2.45, 2.75) is 26.2 Å². The standard InChI is InChI=1S/C20H23FN4O2/c1-12-16-15(19(27)24(4)5)10-25(11-20(2,3)17(16)23-22-12)18(26)13-6-8-14(21)9-7-13/h6-10H,11H2,1-5H3,(H,22,23). The van der Waals surface area contributed by atoms with Crippen molar-refractivity contribution in [2.24, 2.45) is 0 Å². The second-order valence-corrected chi connectivity index (χ2v) is 7.63. The first-order valence-corrected chi connectivity index (χ1v) is 8.67. The zero-order valence-corrected chi connectivity index (χ0v) is 16.1. The van der Waals surface area contributed by atoms with Gasteiger partial charge in [0.25, 0.3) is 11.8 Å². The van der Waals surface area contributed by atoms with Gasteiger partial charge in [-0.1, -0.05) is 13.8 Å². The van der Waals surface area contributed by atoms with E-state index in [2.05, 4.69) is 10.2 Å². The lowest BCUT2D eigenvalue weighted by atomic mass is 9.85. The van der Waals surface area contributed by atoms with Gasteiger partial charge < -0.3 is 9.80 Å². The number of fused-ring (bicyclic) bond motifs is 1. The van der Waals surface area contributed by atoms with Crippen LogP contribution in [0.25, 0.3) is 5.57 Å². The van der Waals surface area contributed by atoms with Crippen molar-refractivity contribution in [3.63, 3.8) is 0 Å². The Labute approximate surface area is 157 Å². The molecule has 1 aliphatic heterocycles. The number of benzene rings is 1. The van der Waals surface area contributed by atoms with Gasteiger partial charge in [-0.3, -0.25) is 14.7 Å². The van der Waals surface area contributed by atoms with Gasteiger partial charge in [0, 0.05) is 43.4 Å². The average molecular weight is 370 g/mol. The molecule has 2 amide bonds. The van der Waals surface area contributed by atoms with Crippen LogP contribution in [0.1, 0.15) is 41.2 Å². The molecule has 1 aliphatic rings. The number of amides is 2. The number of hydrogen-bond donors (Lipinski definition) is 1. The molecule has 0 saturated carbocycles. The van der Waals surface area contributed by atoms with Crippen LogP contribution >= 0.6 is 0 Å². The predicted octanol–water partition coefficient (Wildman–Crippen LogP) is 2.72. The van der Waals surface area contributed by atoms with Gasteiger partial charge in [-0.05, 0) is 31.2 Å². The maximum atomic E-state index is 13.2. The van der Waals surface area contributed by atoms with E-state index in [9.17, 15) is 14.0 Å². The van der Waals surface area contributed by atoms with E-state index in [0.717, 1.165) is 11.3 Å². The Hall–Kier alpha value is -2.96. The van der Waals surface area contributed by atoms with E-state index in [1.54, 1.807) is 20.3 Å². The summed E-state index contributed by atoms with van der Waals surface area (Å²) in [6, 6.07) is 5.40. The number of aromatic amines is 1. The van der Waals surface area contributed by atoms with E-state index in [1.165, 1.54) is 34.1 Å². The molecular weight excluding hydrogens is 347 g/mol. The van der Waals surface area contributed by atoms with Crippen molar-refractivity contribution in [1.82, 2.24) is 20.0 Å². The third-order valence-corrected chi connectivity index (χ3v) is 4.73. The minimum atomic E-state index is -0.461. The number of nitrogens with zero attached hydrogens (tertiary/aromatic N) is 3. The van der Waals surface area contributed by atoms with Gasteiger partial charge in [-0.2, -0.15) is 5.10 Å². The van der Waals surface area contributed by atoms with E-state index in [1.807, 2.05) is 20.8 Å². The first-order chi connectivity index (χ1) is 12.6. The molecule has 1 N–H and O–H groups in total. The number of nitrogens with one attached hydrogen (secondary N) is 1. The van der Waals surface area contributed by atoms with Crippen LogP contribution in [0.15, 0.2) is 30.5 Å². The Bertz CT molecular complexity index is 926. The highest BCUT2D eigenvalue weighted by Crippen LogP contribution is 2.36. The van der Waals surface area contributed by atoms with Gasteiger partial charge in [0.05, 0.1) is 17.0 Å². The molecule has 0 radical (unpaired) electrons. The first-order valence-electron chi connectivity index (χ1n) is 8.67. The van der Waals surface area contributed by atoms with Crippen molar-refractivity contribution in [1.29, 1.82) is 0 Å². The van der Waals surface area contributed by atoms with Crippen molar-refractivity contribution in [3.8, 4) is 0 Å². The second kappa shape index (κ2) is 6.64. The number of carbonyl (C=O) groups excluding carboxylic acids is 2. The number of aryl methyl sites for hydroxylation is 1. The number of hydrogen-bond acceptors (Lipinski definition) is 3. The number of aromatic nitrogens is 2. The molecule has 0 saturated heterocycles. The highest BCUT2D eigenvalue weighted by molar-refractivity contribution is 6.20. The zero-order valence-electron chi connectivity index (χ0n) is 16.1. The summed E-state index contributed by atoms with van der Waals surface area (Å²) in [4.78, 5) is 28.9. The molecule has 0 atom stereocenters. The summed E-state index contributed by atoms with van der Waals surface area (Å²) < 4.78 is 13.2. The molecule has 0 spiro atoms. The fourth-order valence-electron chi connectivity index (χ4n) is 3.31. The first kappa shape index (κ1) is 18.8. The SMILES string of the molecule is Cc1n[nH]c2c1C(C(=O)N(C)C)=CN(C(=O)c1ccc(F)cc1)CC2(C)C. The summed E-state index contributed by atoms with van der Waals surface area (Å²) in [7, 11) is 3.33. The summed E-state index contributed by atoms with van der Waals surface area (Å²) in [5.41, 5.74) is 2.55. The van der Waals surface area contributed by atoms with E-state index < -0.39 is 11.2 Å². The van der Waals surface area contributed by atoms with Crippen LogP contribution in [0.2, 0.25) is 0 Å². The monoisotopic (exact) mass is 370 g/mol. The van der Waals surface area contributed by atoms with Gasteiger partial charge >= 0.3 is 0 Å². The summed E-state index contributed by atoms with van der Waals surface area (Å²) in [5.74, 6) is -0.906. The topological polar surface area (TPSA) is 69.3 Å². The van der Waals surface area contributed by atoms with Gasteiger partial charge in [0.1, 0.15) is 5.82 Å². The maximum Gasteiger partial charge on any atom is 0.257 e. The highest BCUT2D eigenvalue weighted by Gasteiger charge is 2.37. The van der Waals surface area contributed by atoms with Crippen molar-refractivity contribution < 1.29 is 14.0 Å². The quantitative estimate of drug-likeness (QED) is 0.884. The lowest BCUT2D eigenvalue weighted by Crippen LogP contribution is -2.37. The average Bonchev–Trinajstić information content (AvgIpc) is 2.94. The molecular formula is C20H23FN4O2. The van der Waals surface area contributed by atoms with Crippen LogP contribution in [-0.4, -0.2) is 52.5 Å². The van der Waals surface area contributed by atoms with Crippen LogP contribution in [-0.2, 0) is 10.2 Å². The number of halogens is 1. The lowest BCUT2D eigenvalue weighted by molar-refractivity contribution is -0.122. The molecule has 2 aromatic rings. The molecule has 27 heavy (non-hydrogen) atoms. The summed E-state index contributed by atoms with van der Waals surface area (Å²) in [5, 5.41) is 7.32. The van der Waals surface area contributed by atoms with Gasteiger partial charge in [0.2, 0.25) is 0 Å². The van der Waals surface area contributed by atoms with Crippen molar-refractivity contribution in [2.75, 3.05) is 20.6 Å². The third-order valence-electron chi connectivity index (χ3n) is 4.73. The largest absolute Gasteiger partial charge is 0.345 e. The normalized spacial score (nSPS) is 15.6. The fourth-order valence-corrected chi connectivity index (χ4v) is 3.31. The van der Waals surface area contributed by atoms with Crippen LogP contribution in [0.3, 0.4) is 0 Å². The minimum absolute atomic E-state index is 0.213. The molecule has 7 heteroatoms. The van der Waals surface area contributed by atoms with Gasteiger partial charge in [0.15, 0.2) is 0 Å². The fraction of sp³-hybridized carbons (Fsp3) is 0.350. The van der Waals surface area contributed by atoms with E-state index in [-0.39, 0.29) is 11.8 Å². The zero-order chi connectivity index (χ0) is 19.9. The number of H-pyrrole nitrogens is 1. The third kappa shape index (κ3) is 3.37. The number of likely N-dealkylation sites (N-methyl/N-ethyl adjacent to an activating group) is 1. The molecule has 2 heterocycles. The smallest absolute Gasteiger partial charge is 0.257 e. The Balaban J connectivity index is 2.14. The summed E-state index contributed by atoms with van der Waals surface area (Å²) in [6.07, 6.45) is 1.59. The molecule has 1 aromatic carbocycles. The molecule has 142 valence electrons. The van der Waals surface area contributed by atoms with Crippen molar-refractivity contribution in [3.05, 3.63) is 58.8 Å². The van der Waals surface area contributed by atoms with Gasteiger partial charge in [-0.25, -0.2) is 4.39 Å². The van der Waals surface area contributed by atoms with E-state index >= 15 is 0 Å². The van der Waals surface area contributed by atoms with Crippen LogP contribution < -0.4 is 0 Å². The molecule has 0 aliphatic carbocycles. The summed E-state index contributed by atoms with van der Waals surface area (Å²) in [6.45, 7) is 6.17. The van der Waals surface area contributed by atoms with E-state index in [0.29, 0.717) is 23.4 Å². The van der Waals surface area contributed by atoms with Crippen LogP contribution in [0.5, 0.6) is 0 Å². The minimum Gasteiger partial charge on any atom is -0.345 e. The lowest BCUT2D eigenvalue weighted by Gasteiger charge is -2.28. The Morgan fingerprint density at radius 2 is 1.85 bits per heavy atom. The van der Waals surface area contributed by atoms with Crippen LogP contribution in [0, 0.1) is 12.7 Å². The molecule has 0 fully saturated rings. The Kier molecular flexibility index (Phi) is 4.63. The second-order valence-electron chi connectivity index (χ2n) is 7.63. The van der Waals surface area contributed by atoms with E-state index in [4.69, 9.17) is 0 Å². The molecule has 0 unspecified atom stereocenters. The number of carbonyl (C=O) groups is 2. The molecule has 1 aromatic heterocycles. The molecule has 6 nitrogen and oxygen atoms in total. The Morgan fingerprint density at radius 3 is 2.44 bits per heavy atom. The number of rotatable bonds is 2. The van der Waals surface area contributed by atoms with Crippen molar-refractivity contribution >= 4 is 17.4 Å². The molecule has 0 bridgehead atoms. The Morgan fingerprint density at radius 1 is 1.22 bits per heavy atom. The highest BCUT2D eigenvalue weighted by atomic mass is 19.1.